The van der Waals surface area contributed by atoms with Crippen LogP contribution in [0.3, 0.4) is 0 Å². The highest BCUT2D eigenvalue weighted by molar-refractivity contribution is 7.08. The monoisotopic (exact) mass is 392 g/mol. The second kappa shape index (κ2) is 26.2. The molecule has 0 bridgehead atoms. The summed E-state index contributed by atoms with van der Waals surface area (Å²) < 4.78 is 0. The fourth-order valence-electron chi connectivity index (χ4n) is 0.907. The molecule has 0 aliphatic carbocycles. The van der Waals surface area contributed by atoms with Crippen LogP contribution >= 0.6 is 45.3 Å². The van der Waals surface area contributed by atoms with Crippen LogP contribution in [0.25, 0.3) is 0 Å². The van der Waals surface area contributed by atoms with Gasteiger partial charge in [0, 0.05) is 0 Å². The van der Waals surface area contributed by atoms with Gasteiger partial charge < -0.3 is 0 Å². The first-order valence-electron chi connectivity index (χ1n) is 6.89. The molecule has 0 atom stereocenters. The lowest BCUT2D eigenvalue weighted by Crippen LogP contribution is -1.16. The van der Waals surface area contributed by atoms with E-state index in [-0.39, 0.29) is 0 Å². The minimum Gasteiger partial charge on any atom is -0.152 e. The first-order chi connectivity index (χ1) is 12.0. The van der Waals surface area contributed by atoms with Crippen LogP contribution in [-0.4, -0.2) is 0 Å². The van der Waals surface area contributed by atoms with Crippen molar-refractivity contribution >= 4 is 45.3 Å². The Morgan fingerprint density at radius 3 is 0.458 bits per heavy atom. The van der Waals surface area contributed by atoms with Gasteiger partial charge in [-0.25, -0.2) is 0 Å². The molecule has 0 spiro atoms. The standard InChI is InChI=1S/4C4H4S.2C2H4/c4*1-2-4-5-3-1;2*1-2/h4*1-4H;2*1-2H2. The van der Waals surface area contributed by atoms with Gasteiger partial charge in [0.15, 0.2) is 0 Å². The summed E-state index contributed by atoms with van der Waals surface area (Å²) in [5, 5.41) is 16.3. The molecule has 4 heteroatoms. The lowest BCUT2D eigenvalue weighted by molar-refractivity contribution is 2.03. The van der Waals surface area contributed by atoms with E-state index in [1.54, 1.807) is 45.3 Å². The Balaban J connectivity index is 0. The van der Waals surface area contributed by atoms with Gasteiger partial charge in [0.05, 0.1) is 0 Å². The smallest absolute Gasteiger partial charge is 0.00934 e. The quantitative estimate of drug-likeness (QED) is 0.263. The Morgan fingerprint density at radius 1 is 0.292 bits per heavy atom. The molecule has 4 rings (SSSR count). The molecule has 0 aliphatic heterocycles. The molecule has 0 fully saturated rings. The van der Waals surface area contributed by atoms with Gasteiger partial charge in [-0.1, -0.05) is 48.5 Å². The molecule has 4 aromatic heterocycles. The van der Waals surface area contributed by atoms with Crippen molar-refractivity contribution in [3.63, 3.8) is 0 Å². The third kappa shape index (κ3) is 22.6. The van der Waals surface area contributed by atoms with Crippen molar-refractivity contribution in [1.29, 1.82) is 0 Å². The minimum absolute atomic E-state index is 1.71. The molecular weight excluding hydrogens is 368 g/mol. The van der Waals surface area contributed by atoms with Gasteiger partial charge >= 0.3 is 0 Å². The van der Waals surface area contributed by atoms with Crippen LogP contribution in [0, 0.1) is 0 Å². The van der Waals surface area contributed by atoms with E-state index < -0.39 is 0 Å². The third-order valence-corrected chi connectivity index (χ3v) is 4.22. The van der Waals surface area contributed by atoms with Crippen LogP contribution in [-0.2, 0) is 0 Å². The van der Waals surface area contributed by atoms with Crippen molar-refractivity contribution in [2.75, 3.05) is 0 Å². The second-order valence-electron chi connectivity index (χ2n) is 3.17. The third-order valence-electron chi connectivity index (χ3n) is 1.70. The van der Waals surface area contributed by atoms with Crippen molar-refractivity contribution < 1.29 is 0 Å². The molecular formula is C20H24S4. The normalized spacial score (nSPS) is 7.00. The molecule has 0 aliphatic rings. The van der Waals surface area contributed by atoms with Crippen molar-refractivity contribution in [1.82, 2.24) is 0 Å². The van der Waals surface area contributed by atoms with Crippen LogP contribution in [0.15, 0.2) is 118 Å². The predicted octanol–water partition coefficient (Wildman–Crippen LogP) is 8.60. The Hall–Kier alpha value is -1.72. The zero-order valence-corrected chi connectivity index (χ0v) is 17.0. The van der Waals surface area contributed by atoms with Gasteiger partial charge in [0.1, 0.15) is 0 Å². The summed E-state index contributed by atoms with van der Waals surface area (Å²) in [7, 11) is 0. The average Bonchev–Trinajstić information content (AvgIpc) is 3.48. The van der Waals surface area contributed by atoms with Crippen molar-refractivity contribution in [3.8, 4) is 0 Å². The fraction of sp³-hybridized carbons (Fsp3) is 0. The van der Waals surface area contributed by atoms with E-state index in [1.165, 1.54) is 0 Å². The first-order valence-corrected chi connectivity index (χ1v) is 10.7. The number of thiophene rings is 4. The van der Waals surface area contributed by atoms with Gasteiger partial charge in [-0.15, -0.1) is 26.3 Å². The van der Waals surface area contributed by atoms with E-state index >= 15 is 0 Å². The maximum Gasteiger partial charge on any atom is -0.00934 e. The topological polar surface area (TPSA) is 0 Å². The summed E-state index contributed by atoms with van der Waals surface area (Å²) in [4.78, 5) is 0. The van der Waals surface area contributed by atoms with Crippen molar-refractivity contribution in [2.24, 2.45) is 0 Å². The molecule has 0 saturated heterocycles. The maximum absolute atomic E-state index is 3.00. The Bertz CT molecular complexity index is 373. The van der Waals surface area contributed by atoms with Crippen LogP contribution in [0.4, 0.5) is 0 Å². The summed E-state index contributed by atoms with van der Waals surface area (Å²) in [5.41, 5.74) is 0. The van der Waals surface area contributed by atoms with Crippen LogP contribution in [0.5, 0.6) is 0 Å². The molecule has 24 heavy (non-hydrogen) atoms. The van der Waals surface area contributed by atoms with Crippen molar-refractivity contribution in [3.05, 3.63) is 118 Å². The Morgan fingerprint density at radius 2 is 0.417 bits per heavy atom. The molecule has 0 N–H and O–H groups in total. The maximum atomic E-state index is 3.00. The van der Waals surface area contributed by atoms with Gasteiger partial charge in [-0.2, -0.15) is 45.3 Å². The average molecular weight is 393 g/mol. The predicted molar refractivity (Wildman–Crippen MR) is 120 cm³/mol. The molecule has 4 heterocycles. The fourth-order valence-corrected chi connectivity index (χ4v) is 2.72. The molecule has 128 valence electrons. The van der Waals surface area contributed by atoms with E-state index in [0.29, 0.717) is 0 Å². The first kappa shape index (κ1) is 24.5. The molecule has 0 radical (unpaired) electrons. The van der Waals surface area contributed by atoms with Gasteiger partial charge in [0.2, 0.25) is 0 Å². The molecule has 0 saturated carbocycles. The van der Waals surface area contributed by atoms with Crippen molar-refractivity contribution in [2.45, 2.75) is 0 Å². The molecule has 4 aromatic rings. The van der Waals surface area contributed by atoms with E-state index in [9.17, 15) is 0 Å². The second-order valence-corrected chi connectivity index (χ2v) is 6.44. The van der Waals surface area contributed by atoms with E-state index in [0.717, 1.165) is 0 Å². The Labute approximate surface area is 162 Å². The summed E-state index contributed by atoms with van der Waals surface area (Å²) in [5.74, 6) is 0. The SMILES string of the molecule is C=C.C=C.c1ccsc1.c1ccsc1.c1ccsc1.c1ccsc1. The highest BCUT2D eigenvalue weighted by Crippen LogP contribution is 1.93. The summed E-state index contributed by atoms with van der Waals surface area (Å²) in [6.45, 7) is 12.0. The summed E-state index contributed by atoms with van der Waals surface area (Å²) >= 11 is 6.85. The minimum atomic E-state index is 1.71. The highest BCUT2D eigenvalue weighted by atomic mass is 32.1. The summed E-state index contributed by atoms with van der Waals surface area (Å²) in [6.07, 6.45) is 0. The number of rotatable bonds is 0. The lowest BCUT2D eigenvalue weighted by Gasteiger charge is -1.39. The van der Waals surface area contributed by atoms with Crippen LogP contribution < -0.4 is 0 Å². The van der Waals surface area contributed by atoms with E-state index in [1.807, 2.05) is 91.6 Å². The molecule has 0 amide bonds. The zero-order chi connectivity index (χ0) is 18.1. The van der Waals surface area contributed by atoms with E-state index in [2.05, 4.69) is 26.3 Å². The molecule has 0 unspecified atom stereocenters. The van der Waals surface area contributed by atoms with Gasteiger partial charge in [-0.05, 0) is 43.0 Å². The lowest BCUT2D eigenvalue weighted by atomic mass is 10.7. The summed E-state index contributed by atoms with van der Waals surface area (Å²) in [6, 6.07) is 16.1. The van der Waals surface area contributed by atoms with E-state index in [4.69, 9.17) is 0 Å². The van der Waals surface area contributed by atoms with Gasteiger partial charge in [-0.3, -0.25) is 0 Å². The Kier molecular flexibility index (Phi) is 26.8. The molecule has 0 nitrogen and oxygen atoms in total. The number of hydrogen-bond acceptors (Lipinski definition) is 4. The van der Waals surface area contributed by atoms with Crippen LogP contribution in [0.2, 0.25) is 0 Å². The zero-order valence-electron chi connectivity index (χ0n) is 13.7. The molecule has 0 aromatic carbocycles. The largest absolute Gasteiger partial charge is 0.152 e. The number of hydrogen-bond donors (Lipinski definition) is 0. The van der Waals surface area contributed by atoms with Crippen LogP contribution in [0.1, 0.15) is 0 Å². The van der Waals surface area contributed by atoms with Gasteiger partial charge in [0.25, 0.3) is 0 Å². The highest BCUT2D eigenvalue weighted by Gasteiger charge is 1.60.